The van der Waals surface area contributed by atoms with E-state index in [1.165, 1.54) is 17.3 Å². The van der Waals surface area contributed by atoms with Crippen molar-refractivity contribution in [2.45, 2.75) is 32.0 Å². The van der Waals surface area contributed by atoms with Crippen molar-refractivity contribution in [1.29, 1.82) is 5.26 Å². The number of alkyl halides is 2. The zero-order valence-corrected chi connectivity index (χ0v) is 26.8. The average Bonchev–Trinajstić information content (AvgIpc) is 3.48. The van der Waals surface area contributed by atoms with Crippen LogP contribution in [0.1, 0.15) is 30.1 Å². The van der Waals surface area contributed by atoms with E-state index in [0.717, 1.165) is 43.7 Å². The number of anilines is 1. The van der Waals surface area contributed by atoms with Crippen LogP contribution in [-0.2, 0) is 21.6 Å². The molecule has 1 aliphatic rings. The number of nitrogens with zero attached hydrogens (tertiary/aromatic N) is 8. The first-order valence-electron chi connectivity index (χ1n) is 15.0. The molecule has 4 N–H and O–H groups in total. The van der Waals surface area contributed by atoms with Crippen LogP contribution in [0.4, 0.5) is 14.6 Å². The van der Waals surface area contributed by atoms with Gasteiger partial charge in [0, 0.05) is 25.3 Å². The number of fused-ring (bicyclic) bond motifs is 1. The predicted octanol–water partition coefficient (Wildman–Crippen LogP) is 4.65. The molecule has 0 unspecified atom stereocenters. The number of nitriles is 1. The summed E-state index contributed by atoms with van der Waals surface area (Å²) in [5.41, 5.74) is 10.6. The quantitative estimate of drug-likeness (QED) is 0.0847. The molecule has 0 bridgehead atoms. The number of rotatable bonds is 11. The molecule has 12 nitrogen and oxygen atoms in total. The van der Waals surface area contributed by atoms with Gasteiger partial charge in [-0.15, -0.1) is 0 Å². The normalized spacial score (nSPS) is 14.2. The summed E-state index contributed by atoms with van der Waals surface area (Å²) in [6, 6.07) is 18.8. The largest absolute Gasteiger partial charge is 0.870 e. The number of allylic oxidation sites excluding steroid dienone is 3. The summed E-state index contributed by atoms with van der Waals surface area (Å²) in [5, 5.41) is 12.5. The summed E-state index contributed by atoms with van der Waals surface area (Å²) in [6.07, 6.45) is 10.9. The molecule has 0 amide bonds. The van der Waals surface area contributed by atoms with Gasteiger partial charge in [-0.1, -0.05) is 0 Å². The maximum atomic E-state index is 12.6. The predicted molar refractivity (Wildman–Crippen MR) is 175 cm³/mol. The van der Waals surface area contributed by atoms with Gasteiger partial charge >= 0.3 is 182 Å². The van der Waals surface area contributed by atoms with Crippen molar-refractivity contribution in [2.24, 2.45) is 5.73 Å². The Morgan fingerprint density at radius 1 is 1.06 bits per heavy atom. The molecule has 0 spiro atoms. The van der Waals surface area contributed by atoms with E-state index < -0.39 is 6.61 Å². The van der Waals surface area contributed by atoms with Crippen molar-refractivity contribution < 1.29 is 34.0 Å². The van der Waals surface area contributed by atoms with Gasteiger partial charge in [-0.2, -0.15) is 14.0 Å². The molecule has 0 saturated carbocycles. The molecule has 6 rings (SSSR count). The first-order chi connectivity index (χ1) is 23.4. The van der Waals surface area contributed by atoms with E-state index in [1.54, 1.807) is 36.5 Å². The molecule has 0 aliphatic carbocycles. The van der Waals surface area contributed by atoms with Gasteiger partial charge in [0.05, 0.1) is 0 Å². The zero-order valence-electron chi connectivity index (χ0n) is 25.9. The molecule has 1 aromatic carbocycles. The maximum Gasteiger partial charge on any atom is 0.000435 e. The van der Waals surface area contributed by atoms with E-state index in [9.17, 15) is 8.78 Å². The first-order valence-corrected chi connectivity index (χ1v) is 15.5. The SMILES string of the molecule is N#Cc1nccc(NC2CCN(Cc3ccc(-n4c(C(=[C-]N)/C=C\[CH]=[Ni])nc5ccc(-c6ccc(OC(F)F)cn6)nc54)cc3)CC2)n1.[OH-]. The van der Waals surface area contributed by atoms with E-state index in [4.69, 9.17) is 21.0 Å². The Kier molecular flexibility index (Phi) is 11.5. The molecule has 0 radical (unpaired) electrons. The number of benzene rings is 1. The van der Waals surface area contributed by atoms with Crippen molar-refractivity contribution >= 4 is 27.5 Å². The first kappa shape index (κ1) is 34.9. The second-order valence-electron chi connectivity index (χ2n) is 10.8. The second-order valence-corrected chi connectivity index (χ2v) is 11.2. The van der Waals surface area contributed by atoms with E-state index in [-0.39, 0.29) is 23.1 Å². The number of ether oxygens (including phenoxy) is 1. The fraction of sp³-hybridized carbons (Fsp3) is 0.206. The molecule has 5 aromatic rings. The number of aromatic nitrogens is 6. The Morgan fingerprint density at radius 2 is 1.84 bits per heavy atom. The standard InChI is InChI=1S/C34H29F2N10O.Ni.H2O/c1-2-3-23(18-37)32-43-29-11-10-28(27-9-8-26(20-40-27)47-34(35)36)42-33(29)46(32)25-6-4-22(5-7-25)21-45-16-13-24(14-17-45)41-30-12-15-39-31(19-38)44-30;;/h1-12,15,20,24,34H,13-14,16-17,21,37H2,(H,39,41,44);;1H2/q-1;;/p-1/b3-2-;;. The van der Waals surface area contributed by atoms with Gasteiger partial charge in [0.1, 0.15) is 17.6 Å². The van der Waals surface area contributed by atoms with E-state index in [1.807, 2.05) is 28.8 Å². The molecule has 5 heterocycles. The van der Waals surface area contributed by atoms with E-state index in [2.05, 4.69) is 63.3 Å². The van der Waals surface area contributed by atoms with Crippen LogP contribution in [0.15, 0.2) is 79.1 Å². The summed E-state index contributed by atoms with van der Waals surface area (Å²) >= 11 is 4.67. The number of imidazole rings is 1. The fourth-order valence-corrected chi connectivity index (χ4v) is 5.58. The summed E-state index contributed by atoms with van der Waals surface area (Å²) in [4.78, 5) is 26.0. The van der Waals surface area contributed by atoms with Crippen LogP contribution < -0.4 is 15.8 Å². The van der Waals surface area contributed by atoms with Crippen molar-refractivity contribution in [3.8, 4) is 28.9 Å². The van der Waals surface area contributed by atoms with Crippen LogP contribution in [0.5, 0.6) is 5.75 Å². The summed E-state index contributed by atoms with van der Waals surface area (Å²) < 4.78 is 31.6. The Labute approximate surface area is 288 Å². The van der Waals surface area contributed by atoms with Gasteiger partial charge in [-0.05, 0) is 18.9 Å². The molecular formula is C34H30F2N10NiO2-2. The third kappa shape index (κ3) is 8.36. The Hall–Kier alpha value is -5.42. The molecule has 15 heteroatoms. The van der Waals surface area contributed by atoms with E-state index >= 15 is 0 Å². The number of likely N-dealkylation sites (tertiary alicyclic amines) is 1. The van der Waals surface area contributed by atoms with Crippen LogP contribution in [0.2, 0.25) is 0 Å². The number of halogens is 2. The minimum absolute atomic E-state index is 0. The van der Waals surface area contributed by atoms with Gasteiger partial charge in [-0.3, -0.25) is 0 Å². The summed E-state index contributed by atoms with van der Waals surface area (Å²) in [5.74, 6) is 1.30. The molecule has 0 atom stereocenters. The minimum atomic E-state index is -2.94. The van der Waals surface area contributed by atoms with Gasteiger partial charge < -0.3 is 15.5 Å². The maximum absolute atomic E-state index is 12.6. The van der Waals surface area contributed by atoms with Gasteiger partial charge in [0.2, 0.25) is 5.82 Å². The van der Waals surface area contributed by atoms with Crippen LogP contribution in [0.25, 0.3) is 33.8 Å². The van der Waals surface area contributed by atoms with Crippen molar-refractivity contribution in [2.75, 3.05) is 18.4 Å². The topological polar surface area (TPSA) is 174 Å². The second kappa shape index (κ2) is 16.1. The third-order valence-electron chi connectivity index (χ3n) is 7.74. The van der Waals surface area contributed by atoms with Gasteiger partial charge in [-0.25, -0.2) is 9.97 Å². The molecule has 1 aliphatic heterocycles. The van der Waals surface area contributed by atoms with E-state index in [0.29, 0.717) is 39.8 Å². The molecule has 4 aromatic heterocycles. The number of nitrogens with two attached hydrogens (primary N) is 1. The summed E-state index contributed by atoms with van der Waals surface area (Å²) in [6.45, 7) is -0.326. The smallest absolute Gasteiger partial charge is 0.000435 e. The summed E-state index contributed by atoms with van der Waals surface area (Å²) in [7, 11) is 0. The average molecular weight is 707 g/mol. The van der Waals surface area contributed by atoms with Crippen LogP contribution in [-0.4, -0.2) is 70.6 Å². The molecule has 1 fully saturated rings. The number of nitrogens with one attached hydrogen (secondary N) is 1. The molecular weight excluding hydrogens is 677 g/mol. The third-order valence-corrected chi connectivity index (χ3v) is 7.93. The van der Waals surface area contributed by atoms with Crippen molar-refractivity contribution in [1.82, 2.24) is 34.4 Å². The number of piperidine rings is 1. The molecule has 49 heavy (non-hydrogen) atoms. The zero-order chi connectivity index (χ0) is 33.5. The Morgan fingerprint density at radius 3 is 2.51 bits per heavy atom. The minimum Gasteiger partial charge on any atom is -0.870 e. The molecule has 254 valence electrons. The van der Waals surface area contributed by atoms with Crippen molar-refractivity contribution in [3.63, 3.8) is 0 Å². The van der Waals surface area contributed by atoms with Gasteiger partial charge in [0.25, 0.3) is 0 Å². The van der Waals surface area contributed by atoms with Crippen LogP contribution in [0, 0.1) is 17.5 Å². The Balaban J connectivity index is 0.00000468. The Bertz CT molecular complexity index is 2000. The monoisotopic (exact) mass is 706 g/mol. The van der Waals surface area contributed by atoms with Crippen LogP contribution >= 0.6 is 0 Å². The number of hydrogen-bond donors (Lipinski definition) is 2. The fourth-order valence-electron chi connectivity index (χ4n) is 5.49. The number of hydrogen-bond acceptors (Lipinski definition) is 11. The van der Waals surface area contributed by atoms with Crippen molar-refractivity contribution in [3.05, 3.63) is 103 Å². The van der Waals surface area contributed by atoms with Gasteiger partial charge in [0.15, 0.2) is 0 Å². The number of pyridine rings is 2. The van der Waals surface area contributed by atoms with Crippen LogP contribution in [0.3, 0.4) is 0 Å². The molecule has 1 saturated heterocycles.